The van der Waals surface area contributed by atoms with Gasteiger partial charge in [0.2, 0.25) is 0 Å². The normalized spacial score (nSPS) is 13.7. The molecule has 1 heterocycles. The van der Waals surface area contributed by atoms with Crippen LogP contribution in [0, 0.1) is 5.92 Å². The van der Waals surface area contributed by atoms with Crippen molar-refractivity contribution in [3.8, 4) is 5.75 Å². The zero-order valence-electron chi connectivity index (χ0n) is 11.4. The van der Waals surface area contributed by atoms with Crippen LogP contribution in [0.25, 0.3) is 0 Å². The molecule has 0 aliphatic carbocycles. The first-order valence-corrected chi connectivity index (χ1v) is 6.79. The van der Waals surface area contributed by atoms with Crippen molar-refractivity contribution in [1.29, 1.82) is 0 Å². The van der Waals surface area contributed by atoms with E-state index < -0.39 is 0 Å². The molecule has 1 aliphatic rings. The molecule has 18 heavy (non-hydrogen) atoms. The molecule has 0 amide bonds. The fourth-order valence-electron chi connectivity index (χ4n) is 2.05. The predicted octanol–water partition coefficient (Wildman–Crippen LogP) is 2.38. The molecule has 100 valence electrons. The summed E-state index contributed by atoms with van der Waals surface area (Å²) in [6, 6.07) is 6.45. The summed E-state index contributed by atoms with van der Waals surface area (Å²) in [6.45, 7) is 8.60. The first-order valence-electron chi connectivity index (χ1n) is 6.79. The Hall–Kier alpha value is -1.06. The summed E-state index contributed by atoms with van der Waals surface area (Å²) in [6.07, 6.45) is 1.04. The van der Waals surface area contributed by atoms with Crippen LogP contribution >= 0.6 is 0 Å². The van der Waals surface area contributed by atoms with Crippen molar-refractivity contribution in [2.24, 2.45) is 5.92 Å². The van der Waals surface area contributed by atoms with Gasteiger partial charge in [-0.15, -0.1) is 0 Å². The van der Waals surface area contributed by atoms with Gasteiger partial charge in [-0.05, 0) is 23.1 Å². The predicted molar refractivity (Wildman–Crippen MR) is 73.0 cm³/mol. The smallest absolute Gasteiger partial charge is 0.122 e. The Morgan fingerprint density at radius 2 is 2.28 bits per heavy atom. The highest BCUT2D eigenvalue weighted by molar-refractivity contribution is 5.39. The minimum Gasteiger partial charge on any atom is -0.493 e. The maximum atomic E-state index is 5.52. The third-order valence-electron chi connectivity index (χ3n) is 2.96. The van der Waals surface area contributed by atoms with E-state index in [4.69, 9.17) is 9.47 Å². The van der Waals surface area contributed by atoms with Crippen LogP contribution in [0.4, 0.5) is 0 Å². The molecule has 0 unspecified atom stereocenters. The number of rotatable bonds is 7. The lowest BCUT2D eigenvalue weighted by Crippen LogP contribution is -2.20. The topological polar surface area (TPSA) is 30.5 Å². The number of hydrogen-bond acceptors (Lipinski definition) is 3. The summed E-state index contributed by atoms with van der Waals surface area (Å²) < 4.78 is 11.0. The summed E-state index contributed by atoms with van der Waals surface area (Å²) in [5.41, 5.74) is 2.66. The zero-order chi connectivity index (χ0) is 12.8. The first-order chi connectivity index (χ1) is 8.75. The molecule has 1 aliphatic heterocycles. The minimum absolute atomic E-state index is 0.613. The molecular formula is C15H23NO2. The SMILES string of the molecule is CC(C)COCCNCc1ccc2c(c1)CCO2. The molecule has 0 saturated heterocycles. The average molecular weight is 249 g/mol. The lowest BCUT2D eigenvalue weighted by atomic mass is 10.1. The second-order valence-electron chi connectivity index (χ2n) is 5.19. The molecule has 0 spiro atoms. The molecule has 3 nitrogen and oxygen atoms in total. The monoisotopic (exact) mass is 249 g/mol. The standard InChI is InChI=1S/C15H23NO2/c1-12(2)11-17-8-6-16-10-13-3-4-15-14(9-13)5-7-18-15/h3-4,9,12,16H,5-8,10-11H2,1-2H3. The Balaban J connectivity index is 1.65. The van der Waals surface area contributed by atoms with E-state index in [0.717, 1.165) is 45.1 Å². The molecule has 2 rings (SSSR count). The van der Waals surface area contributed by atoms with E-state index in [-0.39, 0.29) is 0 Å². The van der Waals surface area contributed by atoms with Gasteiger partial charge in [0.05, 0.1) is 13.2 Å². The summed E-state index contributed by atoms with van der Waals surface area (Å²) in [5.74, 6) is 1.67. The lowest BCUT2D eigenvalue weighted by Gasteiger charge is -2.08. The maximum Gasteiger partial charge on any atom is 0.122 e. The third-order valence-corrected chi connectivity index (χ3v) is 2.96. The molecule has 0 radical (unpaired) electrons. The third kappa shape index (κ3) is 4.00. The van der Waals surface area contributed by atoms with E-state index in [1.807, 2.05) is 0 Å². The van der Waals surface area contributed by atoms with Crippen LogP contribution in [-0.4, -0.2) is 26.4 Å². The second kappa shape index (κ2) is 6.76. The Morgan fingerprint density at radius 3 is 3.11 bits per heavy atom. The maximum absolute atomic E-state index is 5.52. The van der Waals surface area contributed by atoms with E-state index in [0.29, 0.717) is 5.92 Å². The molecule has 1 N–H and O–H groups in total. The van der Waals surface area contributed by atoms with Gasteiger partial charge in [-0.3, -0.25) is 0 Å². The second-order valence-corrected chi connectivity index (χ2v) is 5.19. The molecule has 0 fully saturated rings. The van der Waals surface area contributed by atoms with Crippen LogP contribution in [0.3, 0.4) is 0 Å². The molecule has 0 aromatic heterocycles. The van der Waals surface area contributed by atoms with Gasteiger partial charge in [-0.25, -0.2) is 0 Å². The van der Waals surface area contributed by atoms with E-state index in [2.05, 4.69) is 37.4 Å². The van der Waals surface area contributed by atoms with Crippen molar-refractivity contribution < 1.29 is 9.47 Å². The number of nitrogens with one attached hydrogen (secondary N) is 1. The number of ether oxygens (including phenoxy) is 2. The largest absolute Gasteiger partial charge is 0.493 e. The van der Waals surface area contributed by atoms with Crippen LogP contribution in [0.1, 0.15) is 25.0 Å². The zero-order valence-corrected chi connectivity index (χ0v) is 11.4. The molecule has 0 atom stereocenters. The number of hydrogen-bond donors (Lipinski definition) is 1. The number of fused-ring (bicyclic) bond motifs is 1. The van der Waals surface area contributed by atoms with Gasteiger partial charge in [0.25, 0.3) is 0 Å². The number of benzene rings is 1. The lowest BCUT2D eigenvalue weighted by molar-refractivity contribution is 0.111. The first kappa shape index (κ1) is 13.4. The average Bonchev–Trinajstić information content (AvgIpc) is 2.80. The van der Waals surface area contributed by atoms with E-state index in [1.165, 1.54) is 11.1 Å². The highest BCUT2D eigenvalue weighted by atomic mass is 16.5. The van der Waals surface area contributed by atoms with E-state index in [1.54, 1.807) is 0 Å². The molecule has 0 bridgehead atoms. The summed E-state index contributed by atoms with van der Waals surface area (Å²) >= 11 is 0. The van der Waals surface area contributed by atoms with E-state index >= 15 is 0 Å². The van der Waals surface area contributed by atoms with Gasteiger partial charge in [0.15, 0.2) is 0 Å². The summed E-state index contributed by atoms with van der Waals surface area (Å²) in [4.78, 5) is 0. The van der Waals surface area contributed by atoms with Crippen molar-refractivity contribution in [2.75, 3.05) is 26.4 Å². The van der Waals surface area contributed by atoms with Gasteiger partial charge in [0.1, 0.15) is 5.75 Å². The minimum atomic E-state index is 0.613. The van der Waals surface area contributed by atoms with Gasteiger partial charge in [-0.1, -0.05) is 26.0 Å². The molecule has 0 saturated carbocycles. The van der Waals surface area contributed by atoms with Gasteiger partial charge in [-0.2, -0.15) is 0 Å². The van der Waals surface area contributed by atoms with Gasteiger partial charge in [0, 0.05) is 26.1 Å². The Kier molecular flexibility index (Phi) is 5.02. The highest BCUT2D eigenvalue weighted by Crippen LogP contribution is 2.25. The molecular weight excluding hydrogens is 226 g/mol. The van der Waals surface area contributed by atoms with Crippen molar-refractivity contribution in [2.45, 2.75) is 26.8 Å². The van der Waals surface area contributed by atoms with Crippen LogP contribution in [-0.2, 0) is 17.7 Å². The van der Waals surface area contributed by atoms with Crippen LogP contribution in [0.15, 0.2) is 18.2 Å². The Bertz CT molecular complexity index is 377. The van der Waals surface area contributed by atoms with Crippen molar-refractivity contribution in [3.63, 3.8) is 0 Å². The highest BCUT2D eigenvalue weighted by Gasteiger charge is 2.11. The quantitative estimate of drug-likeness (QED) is 0.753. The molecule has 3 heteroatoms. The van der Waals surface area contributed by atoms with Gasteiger partial charge < -0.3 is 14.8 Å². The summed E-state index contributed by atoms with van der Waals surface area (Å²) in [5, 5.41) is 3.40. The van der Waals surface area contributed by atoms with Crippen LogP contribution in [0.2, 0.25) is 0 Å². The van der Waals surface area contributed by atoms with Crippen LogP contribution in [0.5, 0.6) is 5.75 Å². The van der Waals surface area contributed by atoms with Gasteiger partial charge >= 0.3 is 0 Å². The molecule has 1 aromatic rings. The van der Waals surface area contributed by atoms with E-state index in [9.17, 15) is 0 Å². The Morgan fingerprint density at radius 1 is 1.39 bits per heavy atom. The summed E-state index contributed by atoms with van der Waals surface area (Å²) in [7, 11) is 0. The van der Waals surface area contributed by atoms with Crippen molar-refractivity contribution in [3.05, 3.63) is 29.3 Å². The van der Waals surface area contributed by atoms with Crippen molar-refractivity contribution >= 4 is 0 Å². The van der Waals surface area contributed by atoms with Crippen molar-refractivity contribution in [1.82, 2.24) is 5.32 Å². The fourth-order valence-corrected chi connectivity index (χ4v) is 2.05. The van der Waals surface area contributed by atoms with Crippen LogP contribution < -0.4 is 10.1 Å². The fraction of sp³-hybridized carbons (Fsp3) is 0.600. The molecule has 1 aromatic carbocycles. The Labute approximate surface area is 109 Å².